The molecule has 1 heterocycles. The van der Waals surface area contributed by atoms with Crippen LogP contribution in [0.4, 0.5) is 0 Å². The van der Waals surface area contributed by atoms with Gasteiger partial charge in [-0.3, -0.25) is 4.55 Å². The zero-order valence-electron chi connectivity index (χ0n) is 14.8. The number of unbranched alkanes of at least 4 members (excludes halogenated alkanes) is 9. The molecule has 0 unspecified atom stereocenters. The van der Waals surface area contributed by atoms with Crippen LogP contribution in [0.25, 0.3) is 6.20 Å². The molecule has 0 bridgehead atoms. The first-order valence-corrected chi connectivity index (χ1v) is 10.1. The maximum absolute atomic E-state index is 10.2. The van der Waals surface area contributed by atoms with E-state index in [-0.39, 0.29) is 6.61 Å². The Labute approximate surface area is 146 Å². The minimum atomic E-state index is -4.23. The van der Waals surface area contributed by atoms with Crippen molar-refractivity contribution in [1.82, 2.24) is 9.55 Å². The maximum Gasteiger partial charge on any atom is 0.397 e. The molecule has 0 aliphatic rings. The Hall–Kier alpha value is -1.18. The molecule has 0 fully saturated rings. The van der Waals surface area contributed by atoms with Gasteiger partial charge in [-0.2, -0.15) is 8.42 Å². The fourth-order valence-corrected chi connectivity index (χ4v) is 2.46. The van der Waals surface area contributed by atoms with Crippen LogP contribution < -0.4 is 0 Å². The minimum Gasteiger partial charge on any atom is -0.314 e. The van der Waals surface area contributed by atoms with Crippen LogP contribution in [0, 0.1) is 0 Å². The van der Waals surface area contributed by atoms with Crippen LogP contribution in [0.5, 0.6) is 0 Å². The summed E-state index contributed by atoms with van der Waals surface area (Å²) in [5.74, 6) is 0. The van der Waals surface area contributed by atoms with E-state index in [9.17, 15) is 8.42 Å². The molecule has 0 saturated carbocycles. The van der Waals surface area contributed by atoms with E-state index in [1.807, 2.05) is 6.20 Å². The molecular weight excluding hydrogens is 328 g/mol. The Morgan fingerprint density at radius 2 is 1.62 bits per heavy atom. The quantitative estimate of drug-likeness (QED) is 0.407. The first-order valence-electron chi connectivity index (χ1n) is 8.71. The van der Waals surface area contributed by atoms with Crippen molar-refractivity contribution in [3.63, 3.8) is 0 Å². The molecule has 0 spiro atoms. The second kappa shape index (κ2) is 15.4. The molecule has 0 aromatic carbocycles. The molecule has 1 aromatic rings. The number of nitrogens with zero attached hydrogens (tertiary/aromatic N) is 2. The van der Waals surface area contributed by atoms with Crippen molar-refractivity contribution in [2.45, 2.75) is 71.1 Å². The molecule has 1 rings (SSSR count). The summed E-state index contributed by atoms with van der Waals surface area (Å²) in [6, 6.07) is 0. The zero-order valence-corrected chi connectivity index (χ0v) is 15.6. The Kier molecular flexibility index (Phi) is 14.6. The van der Waals surface area contributed by atoms with E-state index in [0.29, 0.717) is 6.42 Å². The van der Waals surface area contributed by atoms with Crippen LogP contribution in [0.15, 0.2) is 25.3 Å². The van der Waals surface area contributed by atoms with Crippen LogP contribution in [-0.2, 0) is 14.6 Å². The number of rotatable bonds is 13. The van der Waals surface area contributed by atoms with Gasteiger partial charge >= 0.3 is 10.4 Å². The molecule has 0 amide bonds. The molecular formula is C17H32N2O4S. The first-order chi connectivity index (χ1) is 11.5. The van der Waals surface area contributed by atoms with E-state index in [1.165, 1.54) is 44.9 Å². The maximum atomic E-state index is 10.2. The van der Waals surface area contributed by atoms with Gasteiger partial charge in [-0.05, 0) is 6.42 Å². The summed E-state index contributed by atoms with van der Waals surface area (Å²) in [5, 5.41) is 0. The number of imidazole rings is 1. The second-order valence-corrected chi connectivity index (χ2v) is 6.72. The average molecular weight is 361 g/mol. The number of hydrogen-bond donors (Lipinski definition) is 1. The van der Waals surface area contributed by atoms with Gasteiger partial charge in [0.2, 0.25) is 0 Å². The van der Waals surface area contributed by atoms with E-state index in [2.05, 4.69) is 22.7 Å². The van der Waals surface area contributed by atoms with Gasteiger partial charge < -0.3 is 4.57 Å². The highest BCUT2D eigenvalue weighted by molar-refractivity contribution is 7.80. The fourth-order valence-electron chi connectivity index (χ4n) is 2.13. The van der Waals surface area contributed by atoms with Crippen molar-refractivity contribution < 1.29 is 17.2 Å². The van der Waals surface area contributed by atoms with Gasteiger partial charge in [0, 0.05) is 18.6 Å². The van der Waals surface area contributed by atoms with Crippen molar-refractivity contribution >= 4 is 16.6 Å². The van der Waals surface area contributed by atoms with Crippen molar-refractivity contribution in [3.05, 3.63) is 25.3 Å². The van der Waals surface area contributed by atoms with Crippen LogP contribution >= 0.6 is 0 Å². The summed E-state index contributed by atoms with van der Waals surface area (Å²) in [4.78, 5) is 3.78. The Morgan fingerprint density at radius 3 is 2.00 bits per heavy atom. The van der Waals surface area contributed by atoms with E-state index < -0.39 is 10.4 Å². The standard InChI is InChI=1S/C12H26O4S.C5H6N2/c1-2-3-4-5-6-7-8-9-10-11-12-16-17(13,14)15;1-2-7-4-3-6-5-7/h2-12H2,1H3,(H,13,14,15);2-5H,1H2. The van der Waals surface area contributed by atoms with E-state index in [1.54, 1.807) is 23.3 Å². The molecule has 0 radical (unpaired) electrons. The van der Waals surface area contributed by atoms with Gasteiger partial charge in [0.25, 0.3) is 0 Å². The van der Waals surface area contributed by atoms with E-state index in [0.717, 1.165) is 12.8 Å². The Morgan fingerprint density at radius 1 is 1.08 bits per heavy atom. The summed E-state index contributed by atoms with van der Waals surface area (Å²) < 4.78 is 34.8. The molecule has 0 aliphatic heterocycles. The molecule has 6 nitrogen and oxygen atoms in total. The highest BCUT2D eigenvalue weighted by Crippen LogP contribution is 2.10. The van der Waals surface area contributed by atoms with E-state index >= 15 is 0 Å². The Balaban J connectivity index is 0.000000620. The van der Waals surface area contributed by atoms with Gasteiger partial charge in [0.15, 0.2) is 0 Å². The average Bonchev–Trinajstić information content (AvgIpc) is 3.06. The first kappa shape index (κ1) is 22.8. The predicted molar refractivity (Wildman–Crippen MR) is 98.0 cm³/mol. The summed E-state index contributed by atoms with van der Waals surface area (Å²) in [7, 11) is -4.23. The summed E-state index contributed by atoms with van der Waals surface area (Å²) in [5.41, 5.74) is 0. The van der Waals surface area contributed by atoms with Crippen molar-refractivity contribution in [2.24, 2.45) is 0 Å². The van der Waals surface area contributed by atoms with Crippen molar-refractivity contribution in [2.75, 3.05) is 6.61 Å². The third-order valence-electron chi connectivity index (χ3n) is 3.47. The number of hydrogen-bond acceptors (Lipinski definition) is 4. The topological polar surface area (TPSA) is 81.4 Å². The van der Waals surface area contributed by atoms with Crippen molar-refractivity contribution in [3.8, 4) is 0 Å². The zero-order chi connectivity index (χ0) is 18.1. The summed E-state index contributed by atoms with van der Waals surface area (Å²) in [6.07, 6.45) is 18.8. The van der Waals surface area contributed by atoms with Crippen molar-refractivity contribution in [1.29, 1.82) is 0 Å². The molecule has 0 atom stereocenters. The monoisotopic (exact) mass is 360 g/mol. The van der Waals surface area contributed by atoms with Gasteiger partial charge in [-0.15, -0.1) is 0 Å². The summed E-state index contributed by atoms with van der Waals surface area (Å²) in [6.45, 7) is 5.84. The molecule has 0 aliphatic carbocycles. The third-order valence-corrected chi connectivity index (χ3v) is 3.93. The molecule has 1 aromatic heterocycles. The van der Waals surface area contributed by atoms with Gasteiger partial charge in [0.05, 0.1) is 12.9 Å². The van der Waals surface area contributed by atoms with Gasteiger partial charge in [-0.1, -0.05) is 71.3 Å². The van der Waals surface area contributed by atoms with Gasteiger partial charge in [0.1, 0.15) is 0 Å². The highest BCUT2D eigenvalue weighted by atomic mass is 32.3. The third kappa shape index (κ3) is 17.2. The smallest absolute Gasteiger partial charge is 0.314 e. The number of aromatic nitrogens is 2. The SMILES string of the molecule is C=Cn1ccnc1.CCCCCCCCCCCCOS(=O)(=O)O. The lowest BCUT2D eigenvalue weighted by Gasteiger charge is -2.02. The van der Waals surface area contributed by atoms with Crippen LogP contribution in [0.2, 0.25) is 0 Å². The molecule has 140 valence electrons. The van der Waals surface area contributed by atoms with Crippen LogP contribution in [0.3, 0.4) is 0 Å². The molecule has 0 saturated heterocycles. The lowest BCUT2D eigenvalue weighted by Crippen LogP contribution is -2.04. The second-order valence-electron chi connectivity index (χ2n) is 5.62. The van der Waals surface area contributed by atoms with Gasteiger partial charge in [-0.25, -0.2) is 9.17 Å². The Bertz CT molecular complexity index is 487. The van der Waals surface area contributed by atoms with Crippen LogP contribution in [0.1, 0.15) is 71.1 Å². The lowest BCUT2D eigenvalue weighted by atomic mass is 10.1. The minimum absolute atomic E-state index is 0.0926. The largest absolute Gasteiger partial charge is 0.397 e. The van der Waals surface area contributed by atoms with Crippen LogP contribution in [-0.4, -0.2) is 29.1 Å². The fraction of sp³-hybridized carbons (Fsp3) is 0.706. The molecule has 24 heavy (non-hydrogen) atoms. The highest BCUT2D eigenvalue weighted by Gasteiger charge is 2.02. The summed E-state index contributed by atoms with van der Waals surface area (Å²) >= 11 is 0. The lowest BCUT2D eigenvalue weighted by molar-refractivity contribution is 0.261. The van der Waals surface area contributed by atoms with E-state index in [4.69, 9.17) is 4.55 Å². The normalized spacial score (nSPS) is 10.9. The predicted octanol–water partition coefficient (Wildman–Crippen LogP) is 4.71. The molecule has 7 heteroatoms. The molecule has 1 N–H and O–H groups in total.